The second kappa shape index (κ2) is 7.78. The third kappa shape index (κ3) is 4.45. The van der Waals surface area contributed by atoms with E-state index in [9.17, 15) is 9.59 Å². The van der Waals surface area contributed by atoms with Gasteiger partial charge >= 0.3 is 0 Å². The number of Topliss-reactive ketones (excluding diaryl/α,β-unsaturated/α-hetero) is 1. The molecule has 0 bridgehead atoms. The first-order chi connectivity index (χ1) is 11.7. The number of rotatable bonds is 6. The Morgan fingerprint density at radius 3 is 2.56 bits per heavy atom. The molecule has 0 aliphatic rings. The lowest BCUT2D eigenvalue weighted by Crippen LogP contribution is -2.28. The van der Waals surface area contributed by atoms with Crippen LogP contribution >= 0.6 is 15.9 Å². The van der Waals surface area contributed by atoms with Gasteiger partial charge in [0.1, 0.15) is 11.5 Å². The van der Waals surface area contributed by atoms with Crippen molar-refractivity contribution in [3.8, 4) is 0 Å². The lowest BCUT2D eigenvalue weighted by molar-refractivity contribution is -0.117. The highest BCUT2D eigenvalue weighted by molar-refractivity contribution is 9.10. The molecule has 0 unspecified atom stereocenters. The lowest BCUT2D eigenvalue weighted by Gasteiger charge is -2.17. The smallest absolute Gasteiger partial charge is 0.231 e. The van der Waals surface area contributed by atoms with Crippen LogP contribution in [-0.4, -0.2) is 28.3 Å². The molecule has 1 aromatic heterocycles. The van der Waals surface area contributed by atoms with Crippen LogP contribution in [0.2, 0.25) is 0 Å². The Hall–Kier alpha value is -2.21. The van der Waals surface area contributed by atoms with Crippen molar-refractivity contribution in [2.75, 3.05) is 11.9 Å². The highest BCUT2D eigenvalue weighted by atomic mass is 79.9. The van der Waals surface area contributed by atoms with E-state index in [4.69, 9.17) is 0 Å². The van der Waals surface area contributed by atoms with Crippen LogP contribution in [0, 0.1) is 6.92 Å². The van der Waals surface area contributed by atoms with Gasteiger partial charge in [0.2, 0.25) is 5.91 Å². The molecule has 0 radical (unpaired) electrons. The number of imidazole rings is 1. The molecule has 0 fully saturated rings. The molecule has 0 saturated carbocycles. The van der Waals surface area contributed by atoms with Crippen LogP contribution in [0.3, 0.4) is 0 Å². The van der Waals surface area contributed by atoms with Crippen molar-refractivity contribution in [3.63, 3.8) is 0 Å². The maximum absolute atomic E-state index is 12.4. The number of benzene rings is 1. The van der Waals surface area contributed by atoms with Gasteiger partial charge in [-0.1, -0.05) is 40.2 Å². The Labute approximate surface area is 156 Å². The van der Waals surface area contributed by atoms with Crippen LogP contribution in [0.4, 0.5) is 5.82 Å². The van der Waals surface area contributed by atoms with E-state index in [1.54, 1.807) is 14.0 Å². The highest BCUT2D eigenvalue weighted by Crippen LogP contribution is 2.24. The molecule has 1 amide bonds. The molecule has 0 aliphatic heterocycles. The Balaban J connectivity index is 2.45. The quantitative estimate of drug-likeness (QED) is 0.537. The largest absolute Gasteiger partial charge is 0.319 e. The van der Waals surface area contributed by atoms with Crippen molar-refractivity contribution in [1.29, 1.82) is 0 Å². The monoisotopic (exact) mass is 403 g/mol. The number of hydrogen-bond donors (Lipinski definition) is 0. The molecule has 2 aromatic rings. The van der Waals surface area contributed by atoms with Gasteiger partial charge in [0.15, 0.2) is 11.6 Å². The molecular formula is C19H22BrN3O2. The number of nitrogens with zero attached hydrogens (tertiary/aromatic N) is 3. The van der Waals surface area contributed by atoms with Crippen LogP contribution < -0.4 is 4.90 Å². The summed E-state index contributed by atoms with van der Waals surface area (Å²) in [6.07, 6.45) is 0.228. The summed E-state index contributed by atoms with van der Waals surface area (Å²) in [6, 6.07) is 7.89. The van der Waals surface area contributed by atoms with E-state index in [0.29, 0.717) is 23.9 Å². The molecular weight excluding hydrogens is 382 g/mol. The third-order valence-corrected chi connectivity index (χ3v) is 4.34. The number of ketones is 1. The Morgan fingerprint density at radius 2 is 2.00 bits per heavy atom. The predicted molar refractivity (Wildman–Crippen MR) is 103 cm³/mol. The van der Waals surface area contributed by atoms with Crippen LogP contribution in [0.15, 0.2) is 40.9 Å². The lowest BCUT2D eigenvalue weighted by atomic mass is 10.2. The van der Waals surface area contributed by atoms with Gasteiger partial charge in [0.25, 0.3) is 0 Å². The maximum atomic E-state index is 12.4. The number of halogens is 1. The van der Waals surface area contributed by atoms with Crippen LogP contribution in [0.25, 0.3) is 0 Å². The molecule has 0 N–H and O–H groups in total. The summed E-state index contributed by atoms with van der Waals surface area (Å²) in [6.45, 7) is 9.41. The zero-order valence-corrected chi connectivity index (χ0v) is 16.6. The zero-order chi connectivity index (χ0) is 18.7. The number of anilines is 1. The topological polar surface area (TPSA) is 55.2 Å². The van der Waals surface area contributed by atoms with Gasteiger partial charge in [0.05, 0.1) is 0 Å². The summed E-state index contributed by atoms with van der Waals surface area (Å²) < 4.78 is 2.82. The summed E-state index contributed by atoms with van der Waals surface area (Å²) in [5.41, 5.74) is 2.25. The molecule has 0 saturated heterocycles. The summed E-state index contributed by atoms with van der Waals surface area (Å²) in [5, 5.41) is 0. The fraction of sp³-hybridized carbons (Fsp3) is 0.316. The fourth-order valence-corrected chi connectivity index (χ4v) is 3.08. The van der Waals surface area contributed by atoms with Gasteiger partial charge < -0.3 is 4.57 Å². The van der Waals surface area contributed by atoms with Crippen LogP contribution in [-0.2, 0) is 11.3 Å². The van der Waals surface area contributed by atoms with Crippen molar-refractivity contribution in [2.45, 2.75) is 33.7 Å². The Kier molecular flexibility index (Phi) is 5.95. The summed E-state index contributed by atoms with van der Waals surface area (Å²) >= 11 is 3.46. The average Bonchev–Trinajstić information content (AvgIpc) is 2.83. The van der Waals surface area contributed by atoms with Gasteiger partial charge in [0, 0.05) is 31.4 Å². The van der Waals surface area contributed by atoms with Crippen molar-refractivity contribution < 1.29 is 9.59 Å². The van der Waals surface area contributed by atoms with Gasteiger partial charge in [-0.25, -0.2) is 4.98 Å². The number of aromatic nitrogens is 2. The normalized spacial score (nSPS) is 10.6. The summed E-state index contributed by atoms with van der Waals surface area (Å²) in [7, 11) is 1.64. The highest BCUT2D eigenvalue weighted by Gasteiger charge is 2.24. The van der Waals surface area contributed by atoms with E-state index in [1.165, 1.54) is 11.8 Å². The van der Waals surface area contributed by atoms with Gasteiger partial charge in [-0.15, -0.1) is 0 Å². The van der Waals surface area contributed by atoms with Crippen molar-refractivity contribution in [3.05, 3.63) is 58.0 Å². The van der Waals surface area contributed by atoms with E-state index in [1.807, 2.05) is 35.8 Å². The number of hydrogen-bond acceptors (Lipinski definition) is 3. The average molecular weight is 404 g/mol. The minimum Gasteiger partial charge on any atom is -0.319 e. The van der Waals surface area contributed by atoms with Gasteiger partial charge in [-0.05, 0) is 31.5 Å². The van der Waals surface area contributed by atoms with Crippen LogP contribution in [0.5, 0.6) is 0 Å². The van der Waals surface area contributed by atoms with E-state index in [2.05, 4.69) is 27.5 Å². The molecule has 1 heterocycles. The second-order valence-electron chi connectivity index (χ2n) is 6.19. The predicted octanol–water partition coefficient (Wildman–Crippen LogP) is 4.13. The van der Waals surface area contributed by atoms with E-state index >= 15 is 0 Å². The third-order valence-electron chi connectivity index (χ3n) is 3.85. The van der Waals surface area contributed by atoms with Crippen molar-refractivity contribution in [2.24, 2.45) is 0 Å². The van der Waals surface area contributed by atoms with Crippen molar-refractivity contribution in [1.82, 2.24) is 9.55 Å². The second-order valence-corrected chi connectivity index (χ2v) is 7.11. The van der Waals surface area contributed by atoms with E-state index in [-0.39, 0.29) is 18.1 Å². The fourth-order valence-electron chi connectivity index (χ4n) is 2.64. The molecule has 25 heavy (non-hydrogen) atoms. The molecule has 0 spiro atoms. The zero-order valence-electron chi connectivity index (χ0n) is 15.0. The number of amides is 1. The summed E-state index contributed by atoms with van der Waals surface area (Å²) in [5.74, 6) is 0.823. The Morgan fingerprint density at radius 1 is 1.32 bits per heavy atom. The minimum atomic E-state index is -0.137. The molecule has 0 atom stereocenters. The Bertz CT molecular complexity index is 839. The first-order valence-electron chi connectivity index (χ1n) is 7.94. The molecule has 2 rings (SSSR count). The van der Waals surface area contributed by atoms with Crippen LogP contribution in [0.1, 0.15) is 42.1 Å². The van der Waals surface area contributed by atoms with Gasteiger partial charge in [-0.2, -0.15) is 0 Å². The molecule has 6 heteroatoms. The summed E-state index contributed by atoms with van der Waals surface area (Å²) in [4.78, 5) is 30.6. The number of aryl methyl sites for hydroxylation is 1. The first-order valence-corrected chi connectivity index (χ1v) is 8.73. The molecule has 5 nitrogen and oxygen atoms in total. The first kappa shape index (κ1) is 19.1. The van der Waals surface area contributed by atoms with E-state index < -0.39 is 0 Å². The number of carbonyl (C=O) groups is 2. The maximum Gasteiger partial charge on any atom is 0.231 e. The number of carbonyl (C=O) groups excluding carboxylic acids is 2. The molecule has 0 aliphatic carbocycles. The minimum absolute atomic E-state index is 0.124. The molecule has 1 aromatic carbocycles. The van der Waals surface area contributed by atoms with Gasteiger partial charge in [-0.3, -0.25) is 14.5 Å². The standard InChI is InChI=1S/C19H22BrN3O2/c1-12(2)9-17(25)22(5)19-18(13(3)24)23(14(4)21-19)11-15-7-6-8-16(20)10-15/h6-8,10H,1,9,11H2,2-5H3. The molecule has 132 valence electrons. The van der Waals surface area contributed by atoms with E-state index in [0.717, 1.165) is 15.6 Å². The van der Waals surface area contributed by atoms with Crippen molar-refractivity contribution >= 4 is 33.4 Å². The SMILES string of the molecule is C=C(C)CC(=O)N(C)c1nc(C)n(Cc2cccc(Br)c2)c1C(C)=O.